The second-order valence-electron chi connectivity index (χ2n) is 4.40. The van der Waals surface area contributed by atoms with Crippen LogP contribution in [-0.4, -0.2) is 10.9 Å². The highest BCUT2D eigenvalue weighted by Crippen LogP contribution is 2.28. The maximum absolute atomic E-state index is 12.2. The van der Waals surface area contributed by atoms with Crippen LogP contribution in [0.15, 0.2) is 42.5 Å². The second-order valence-corrected chi connectivity index (χ2v) is 5.87. The van der Waals surface area contributed by atoms with Crippen LogP contribution in [0, 0.1) is 6.92 Å². The van der Waals surface area contributed by atoms with E-state index in [1.165, 1.54) is 11.3 Å². The van der Waals surface area contributed by atoms with Crippen LogP contribution >= 0.6 is 22.9 Å². The molecular formula is C15H11ClN2OS. The number of aryl methyl sites for hydroxylation is 1. The van der Waals surface area contributed by atoms with Crippen molar-refractivity contribution in [3.63, 3.8) is 0 Å². The van der Waals surface area contributed by atoms with E-state index in [1.807, 2.05) is 37.3 Å². The van der Waals surface area contributed by atoms with Crippen molar-refractivity contribution in [1.82, 2.24) is 4.98 Å². The number of carbonyl (C=O) groups is 1. The van der Waals surface area contributed by atoms with Crippen LogP contribution in [0.4, 0.5) is 5.13 Å². The van der Waals surface area contributed by atoms with Gasteiger partial charge in [0.2, 0.25) is 0 Å². The average molecular weight is 303 g/mol. The normalized spacial score (nSPS) is 10.7. The summed E-state index contributed by atoms with van der Waals surface area (Å²) in [5.41, 5.74) is 2.43. The van der Waals surface area contributed by atoms with E-state index in [1.54, 1.807) is 12.1 Å². The van der Waals surface area contributed by atoms with Crippen LogP contribution < -0.4 is 5.32 Å². The number of halogens is 1. The molecule has 1 heterocycles. The molecule has 2 aromatic carbocycles. The zero-order chi connectivity index (χ0) is 14.1. The first-order valence-corrected chi connectivity index (χ1v) is 7.26. The molecule has 100 valence electrons. The summed E-state index contributed by atoms with van der Waals surface area (Å²) >= 11 is 7.35. The number of hydrogen-bond acceptors (Lipinski definition) is 3. The third-order valence-corrected chi connectivity index (χ3v) is 4.13. The standard InChI is InChI=1S/C15H11ClN2OS/c1-9-4-2-3-5-11(9)14(19)18-15-17-12-7-6-10(16)8-13(12)20-15/h2-8H,1H3,(H,17,18,19). The maximum Gasteiger partial charge on any atom is 0.257 e. The summed E-state index contributed by atoms with van der Waals surface area (Å²) in [5.74, 6) is -0.145. The summed E-state index contributed by atoms with van der Waals surface area (Å²) in [7, 11) is 0. The van der Waals surface area contributed by atoms with Gasteiger partial charge in [0, 0.05) is 10.6 Å². The molecule has 0 bridgehead atoms. The fourth-order valence-electron chi connectivity index (χ4n) is 1.94. The number of aromatic nitrogens is 1. The summed E-state index contributed by atoms with van der Waals surface area (Å²) in [6.45, 7) is 1.91. The lowest BCUT2D eigenvalue weighted by Gasteiger charge is -2.04. The fraction of sp³-hybridized carbons (Fsp3) is 0.0667. The summed E-state index contributed by atoms with van der Waals surface area (Å²) in [5, 5.41) is 4.08. The third kappa shape index (κ3) is 2.53. The van der Waals surface area contributed by atoms with Gasteiger partial charge >= 0.3 is 0 Å². The molecule has 0 spiro atoms. The number of amides is 1. The molecule has 0 unspecified atom stereocenters. The molecule has 3 aromatic rings. The molecule has 0 radical (unpaired) electrons. The molecule has 0 saturated carbocycles. The minimum atomic E-state index is -0.145. The van der Waals surface area contributed by atoms with Crippen molar-refractivity contribution in [3.8, 4) is 0 Å². The minimum absolute atomic E-state index is 0.145. The summed E-state index contributed by atoms with van der Waals surface area (Å²) in [6, 6.07) is 12.9. The smallest absolute Gasteiger partial charge is 0.257 e. The third-order valence-electron chi connectivity index (χ3n) is 2.96. The first-order valence-electron chi connectivity index (χ1n) is 6.06. The van der Waals surface area contributed by atoms with E-state index < -0.39 is 0 Å². The predicted molar refractivity (Wildman–Crippen MR) is 83.8 cm³/mol. The Morgan fingerprint density at radius 1 is 1.25 bits per heavy atom. The van der Waals surface area contributed by atoms with Gasteiger partial charge in [0.25, 0.3) is 5.91 Å². The lowest BCUT2D eigenvalue weighted by atomic mass is 10.1. The number of hydrogen-bond donors (Lipinski definition) is 1. The van der Waals surface area contributed by atoms with Crippen LogP contribution in [0.5, 0.6) is 0 Å². The van der Waals surface area contributed by atoms with Crippen LogP contribution in [0.3, 0.4) is 0 Å². The van der Waals surface area contributed by atoms with E-state index in [2.05, 4.69) is 10.3 Å². The van der Waals surface area contributed by atoms with Crippen LogP contribution in [0.2, 0.25) is 5.02 Å². The van der Waals surface area contributed by atoms with Gasteiger partial charge in [-0.2, -0.15) is 0 Å². The number of benzene rings is 2. The van der Waals surface area contributed by atoms with Gasteiger partial charge in [-0.1, -0.05) is 41.1 Å². The van der Waals surface area contributed by atoms with Crippen molar-refractivity contribution < 1.29 is 4.79 Å². The van der Waals surface area contributed by atoms with Crippen molar-refractivity contribution in [2.24, 2.45) is 0 Å². The highest BCUT2D eigenvalue weighted by molar-refractivity contribution is 7.22. The monoisotopic (exact) mass is 302 g/mol. The number of carbonyl (C=O) groups excluding carboxylic acids is 1. The van der Waals surface area contributed by atoms with Gasteiger partial charge in [-0.25, -0.2) is 4.98 Å². The van der Waals surface area contributed by atoms with Gasteiger partial charge in [0.05, 0.1) is 10.2 Å². The first-order chi connectivity index (χ1) is 9.63. The van der Waals surface area contributed by atoms with E-state index in [9.17, 15) is 4.79 Å². The molecule has 0 saturated heterocycles. The lowest BCUT2D eigenvalue weighted by Crippen LogP contribution is -2.12. The van der Waals surface area contributed by atoms with E-state index in [-0.39, 0.29) is 5.91 Å². The first kappa shape index (κ1) is 13.1. The molecule has 3 rings (SSSR count). The highest BCUT2D eigenvalue weighted by atomic mass is 35.5. The molecule has 20 heavy (non-hydrogen) atoms. The van der Waals surface area contributed by atoms with Crippen molar-refractivity contribution in [2.75, 3.05) is 5.32 Å². The Hall–Kier alpha value is -1.91. The Morgan fingerprint density at radius 2 is 2.05 bits per heavy atom. The summed E-state index contributed by atoms with van der Waals surface area (Å²) < 4.78 is 0.956. The van der Waals surface area contributed by atoms with Crippen LogP contribution in [0.1, 0.15) is 15.9 Å². The Balaban J connectivity index is 1.89. The Kier molecular flexibility index (Phi) is 3.42. The zero-order valence-electron chi connectivity index (χ0n) is 10.7. The largest absolute Gasteiger partial charge is 0.298 e. The number of rotatable bonds is 2. The number of nitrogens with one attached hydrogen (secondary N) is 1. The fourth-order valence-corrected chi connectivity index (χ4v) is 3.08. The molecule has 0 atom stereocenters. The average Bonchev–Trinajstić information content (AvgIpc) is 2.80. The molecule has 1 N–H and O–H groups in total. The van der Waals surface area contributed by atoms with E-state index >= 15 is 0 Å². The Bertz CT molecular complexity index is 797. The molecule has 0 aliphatic carbocycles. The molecule has 5 heteroatoms. The molecular weight excluding hydrogens is 292 g/mol. The number of thiazole rings is 1. The van der Waals surface area contributed by atoms with E-state index in [4.69, 9.17) is 11.6 Å². The molecule has 3 nitrogen and oxygen atoms in total. The predicted octanol–water partition coefficient (Wildman–Crippen LogP) is 4.51. The van der Waals surface area contributed by atoms with Gasteiger partial charge in [-0.05, 0) is 36.8 Å². The van der Waals surface area contributed by atoms with E-state index in [0.717, 1.165) is 15.8 Å². The maximum atomic E-state index is 12.2. The van der Waals surface area contributed by atoms with Crippen molar-refractivity contribution in [2.45, 2.75) is 6.92 Å². The molecule has 0 aliphatic rings. The lowest BCUT2D eigenvalue weighted by molar-refractivity contribution is 0.102. The number of nitrogens with zero attached hydrogens (tertiary/aromatic N) is 1. The SMILES string of the molecule is Cc1ccccc1C(=O)Nc1nc2ccc(Cl)cc2s1. The Morgan fingerprint density at radius 3 is 2.85 bits per heavy atom. The minimum Gasteiger partial charge on any atom is -0.298 e. The van der Waals surface area contributed by atoms with Crippen LogP contribution in [0.25, 0.3) is 10.2 Å². The summed E-state index contributed by atoms with van der Waals surface area (Å²) in [6.07, 6.45) is 0. The summed E-state index contributed by atoms with van der Waals surface area (Å²) in [4.78, 5) is 16.6. The van der Waals surface area contributed by atoms with Gasteiger partial charge in [-0.3, -0.25) is 10.1 Å². The van der Waals surface area contributed by atoms with Gasteiger partial charge in [0.1, 0.15) is 0 Å². The molecule has 0 aliphatic heterocycles. The van der Waals surface area contributed by atoms with Gasteiger partial charge < -0.3 is 0 Å². The number of fused-ring (bicyclic) bond motifs is 1. The second kappa shape index (κ2) is 5.23. The number of anilines is 1. The van der Waals surface area contributed by atoms with E-state index in [0.29, 0.717) is 15.7 Å². The molecule has 1 amide bonds. The van der Waals surface area contributed by atoms with Gasteiger partial charge in [-0.15, -0.1) is 0 Å². The van der Waals surface area contributed by atoms with Crippen molar-refractivity contribution in [1.29, 1.82) is 0 Å². The quantitative estimate of drug-likeness (QED) is 0.756. The van der Waals surface area contributed by atoms with Crippen LogP contribution in [-0.2, 0) is 0 Å². The topological polar surface area (TPSA) is 42.0 Å². The van der Waals surface area contributed by atoms with Gasteiger partial charge in [0.15, 0.2) is 5.13 Å². The van der Waals surface area contributed by atoms with Crippen molar-refractivity contribution in [3.05, 3.63) is 58.6 Å². The highest BCUT2D eigenvalue weighted by Gasteiger charge is 2.11. The van der Waals surface area contributed by atoms with Crippen molar-refractivity contribution >= 4 is 44.2 Å². The zero-order valence-corrected chi connectivity index (χ0v) is 12.3. The molecule has 0 fully saturated rings. The Labute approximate surface area is 125 Å². The molecule has 1 aromatic heterocycles.